The zero-order valence-electron chi connectivity index (χ0n) is 11.5. The highest BCUT2D eigenvalue weighted by molar-refractivity contribution is 4.75. The van der Waals surface area contributed by atoms with E-state index in [1.165, 1.54) is 25.7 Å². The Bertz CT molecular complexity index is 220. The van der Waals surface area contributed by atoms with Crippen LogP contribution in [-0.2, 0) is 9.47 Å². The minimum Gasteiger partial charge on any atom is -0.380 e. The van der Waals surface area contributed by atoms with Crippen LogP contribution in [0.2, 0.25) is 0 Å². The third-order valence-electron chi connectivity index (χ3n) is 4.36. The number of hydrogen-bond donors (Lipinski definition) is 1. The Hall–Kier alpha value is -0.160. The molecule has 18 heavy (non-hydrogen) atoms. The molecule has 1 saturated heterocycles. The molecule has 106 valence electrons. The molecular weight excluding hydrogens is 228 g/mol. The van der Waals surface area contributed by atoms with Crippen LogP contribution in [0, 0.1) is 11.8 Å². The lowest BCUT2D eigenvalue weighted by Crippen LogP contribution is -2.38. The Morgan fingerprint density at radius 2 is 1.83 bits per heavy atom. The number of morpholine rings is 1. The summed E-state index contributed by atoms with van der Waals surface area (Å²) < 4.78 is 11.2. The second-order valence-electron chi connectivity index (χ2n) is 5.57. The highest BCUT2D eigenvalue weighted by Crippen LogP contribution is 2.29. The maximum atomic E-state index is 5.87. The van der Waals surface area contributed by atoms with Gasteiger partial charge in [-0.2, -0.15) is 0 Å². The summed E-state index contributed by atoms with van der Waals surface area (Å²) in [5.41, 5.74) is 5.84. The van der Waals surface area contributed by atoms with Crippen molar-refractivity contribution >= 4 is 0 Å². The minimum atomic E-state index is 0.696. The van der Waals surface area contributed by atoms with Gasteiger partial charge < -0.3 is 15.2 Å². The lowest BCUT2D eigenvalue weighted by atomic mass is 9.80. The molecule has 0 spiro atoms. The maximum absolute atomic E-state index is 5.87. The molecule has 1 aliphatic heterocycles. The fourth-order valence-electron chi connectivity index (χ4n) is 3.07. The molecule has 0 bridgehead atoms. The molecule has 4 nitrogen and oxygen atoms in total. The molecule has 0 aromatic carbocycles. The molecule has 2 aliphatic rings. The van der Waals surface area contributed by atoms with E-state index in [-0.39, 0.29) is 0 Å². The van der Waals surface area contributed by atoms with Gasteiger partial charge in [-0.3, -0.25) is 4.90 Å². The predicted octanol–water partition coefficient (Wildman–Crippen LogP) is 1.10. The fraction of sp³-hybridized carbons (Fsp3) is 1.00. The van der Waals surface area contributed by atoms with Gasteiger partial charge in [-0.05, 0) is 31.2 Å². The molecule has 4 heteroatoms. The van der Waals surface area contributed by atoms with Crippen LogP contribution in [0.4, 0.5) is 0 Å². The van der Waals surface area contributed by atoms with Gasteiger partial charge in [-0.1, -0.05) is 12.8 Å². The van der Waals surface area contributed by atoms with E-state index in [2.05, 4.69) is 4.90 Å². The van der Waals surface area contributed by atoms with Crippen molar-refractivity contribution in [1.29, 1.82) is 0 Å². The lowest BCUT2D eigenvalue weighted by molar-refractivity contribution is 0.00871. The summed E-state index contributed by atoms with van der Waals surface area (Å²) in [6.45, 7) is 7.49. The zero-order valence-corrected chi connectivity index (χ0v) is 11.5. The van der Waals surface area contributed by atoms with Gasteiger partial charge >= 0.3 is 0 Å². The average Bonchev–Trinajstić information content (AvgIpc) is 2.45. The van der Waals surface area contributed by atoms with Crippen LogP contribution in [-0.4, -0.2) is 57.5 Å². The summed E-state index contributed by atoms with van der Waals surface area (Å²) in [5.74, 6) is 1.40. The van der Waals surface area contributed by atoms with Crippen LogP contribution in [0.1, 0.15) is 25.7 Å². The number of ether oxygens (including phenoxy) is 2. The van der Waals surface area contributed by atoms with E-state index >= 15 is 0 Å². The molecule has 1 aliphatic carbocycles. The smallest absolute Gasteiger partial charge is 0.0594 e. The van der Waals surface area contributed by atoms with Crippen molar-refractivity contribution in [1.82, 2.24) is 4.90 Å². The van der Waals surface area contributed by atoms with Crippen LogP contribution in [0.15, 0.2) is 0 Å². The largest absolute Gasteiger partial charge is 0.380 e. The minimum absolute atomic E-state index is 0.696. The fourth-order valence-corrected chi connectivity index (χ4v) is 3.07. The van der Waals surface area contributed by atoms with Gasteiger partial charge in [0.1, 0.15) is 0 Å². The molecular formula is C14H28N2O2. The zero-order chi connectivity index (χ0) is 12.6. The van der Waals surface area contributed by atoms with Crippen LogP contribution in [0.5, 0.6) is 0 Å². The van der Waals surface area contributed by atoms with Gasteiger partial charge in [0.15, 0.2) is 0 Å². The highest BCUT2D eigenvalue weighted by Gasteiger charge is 2.23. The van der Waals surface area contributed by atoms with E-state index in [1.807, 2.05) is 0 Å². The van der Waals surface area contributed by atoms with Gasteiger partial charge in [0.05, 0.1) is 19.8 Å². The van der Waals surface area contributed by atoms with E-state index in [0.29, 0.717) is 11.8 Å². The summed E-state index contributed by atoms with van der Waals surface area (Å²) in [4.78, 5) is 2.42. The first-order valence-corrected chi connectivity index (χ1v) is 7.48. The molecule has 0 radical (unpaired) electrons. The van der Waals surface area contributed by atoms with Gasteiger partial charge in [0, 0.05) is 26.2 Å². The molecule has 0 amide bonds. The number of rotatable bonds is 6. The quantitative estimate of drug-likeness (QED) is 0.723. The number of nitrogens with two attached hydrogens (primary N) is 1. The standard InChI is InChI=1S/C14H28N2O2/c15-11-13-3-1-2-4-14(13)12-18-10-7-16-5-8-17-9-6-16/h13-14H,1-12,15H2. The third kappa shape index (κ3) is 4.50. The van der Waals surface area contributed by atoms with Gasteiger partial charge in [-0.15, -0.1) is 0 Å². The second kappa shape index (κ2) is 8.10. The van der Waals surface area contributed by atoms with Gasteiger partial charge in [0.2, 0.25) is 0 Å². The van der Waals surface area contributed by atoms with Crippen LogP contribution < -0.4 is 5.73 Å². The van der Waals surface area contributed by atoms with E-state index in [0.717, 1.165) is 52.6 Å². The molecule has 2 unspecified atom stereocenters. The highest BCUT2D eigenvalue weighted by atomic mass is 16.5. The van der Waals surface area contributed by atoms with E-state index in [1.54, 1.807) is 0 Å². The summed E-state index contributed by atoms with van der Waals surface area (Å²) in [6.07, 6.45) is 5.31. The Morgan fingerprint density at radius 1 is 1.11 bits per heavy atom. The van der Waals surface area contributed by atoms with E-state index in [4.69, 9.17) is 15.2 Å². The van der Waals surface area contributed by atoms with Crippen LogP contribution >= 0.6 is 0 Å². The van der Waals surface area contributed by atoms with E-state index in [9.17, 15) is 0 Å². The van der Waals surface area contributed by atoms with Crippen molar-refractivity contribution in [3.63, 3.8) is 0 Å². The Kier molecular flexibility index (Phi) is 6.41. The topological polar surface area (TPSA) is 47.7 Å². The van der Waals surface area contributed by atoms with Crippen molar-refractivity contribution < 1.29 is 9.47 Å². The SMILES string of the molecule is NCC1CCCCC1COCCN1CCOCC1. The van der Waals surface area contributed by atoms with Crippen molar-refractivity contribution in [2.45, 2.75) is 25.7 Å². The maximum Gasteiger partial charge on any atom is 0.0594 e. The third-order valence-corrected chi connectivity index (χ3v) is 4.36. The van der Waals surface area contributed by atoms with Crippen molar-refractivity contribution in [3.8, 4) is 0 Å². The van der Waals surface area contributed by atoms with E-state index < -0.39 is 0 Å². The van der Waals surface area contributed by atoms with Gasteiger partial charge in [-0.25, -0.2) is 0 Å². The molecule has 0 aromatic rings. The molecule has 2 rings (SSSR count). The number of nitrogens with zero attached hydrogens (tertiary/aromatic N) is 1. The van der Waals surface area contributed by atoms with Crippen molar-refractivity contribution in [2.75, 3.05) is 52.6 Å². The first kappa shape index (κ1) is 14.3. The summed E-state index contributed by atoms with van der Waals surface area (Å²) >= 11 is 0. The summed E-state index contributed by atoms with van der Waals surface area (Å²) in [6, 6.07) is 0. The van der Waals surface area contributed by atoms with Crippen LogP contribution in [0.25, 0.3) is 0 Å². The normalized spacial score (nSPS) is 30.5. The van der Waals surface area contributed by atoms with Crippen molar-refractivity contribution in [3.05, 3.63) is 0 Å². The Morgan fingerprint density at radius 3 is 2.56 bits per heavy atom. The van der Waals surface area contributed by atoms with Crippen molar-refractivity contribution in [2.24, 2.45) is 17.6 Å². The second-order valence-corrected chi connectivity index (χ2v) is 5.57. The predicted molar refractivity (Wildman–Crippen MR) is 72.6 cm³/mol. The molecule has 1 saturated carbocycles. The van der Waals surface area contributed by atoms with Crippen LogP contribution in [0.3, 0.4) is 0 Å². The molecule has 1 heterocycles. The number of hydrogen-bond acceptors (Lipinski definition) is 4. The first-order chi connectivity index (χ1) is 8.90. The Balaban J connectivity index is 1.56. The Labute approximate surface area is 111 Å². The molecule has 0 aromatic heterocycles. The molecule has 2 fully saturated rings. The first-order valence-electron chi connectivity index (χ1n) is 7.48. The lowest BCUT2D eigenvalue weighted by Gasteiger charge is -2.31. The monoisotopic (exact) mass is 256 g/mol. The summed E-state index contributed by atoms with van der Waals surface area (Å²) in [7, 11) is 0. The molecule has 2 N–H and O–H groups in total. The average molecular weight is 256 g/mol. The van der Waals surface area contributed by atoms with Gasteiger partial charge in [0.25, 0.3) is 0 Å². The summed E-state index contributed by atoms with van der Waals surface area (Å²) in [5, 5.41) is 0. The molecule has 2 atom stereocenters.